The molecule has 0 radical (unpaired) electrons. The second-order valence-electron chi connectivity index (χ2n) is 1.63. The van der Waals surface area contributed by atoms with Crippen molar-refractivity contribution in [3.05, 3.63) is 29.9 Å². The fourth-order valence-electron chi connectivity index (χ4n) is 0.600. The van der Waals surface area contributed by atoms with Gasteiger partial charge in [-0.3, -0.25) is 0 Å². The molecule has 1 N–H and O–H groups in total. The molecule has 1 aromatic heterocycles. The zero-order chi connectivity index (χ0) is 7.40. The lowest BCUT2D eigenvalue weighted by Crippen LogP contribution is -2.15. The summed E-state index contributed by atoms with van der Waals surface area (Å²) >= 11 is 0. The topological polar surface area (TPSA) is 61.3 Å². The number of rotatable bonds is 0. The maximum Gasteiger partial charge on any atom is 0.190 e. The SMILES string of the molecule is N#Cn1cccc/c1=N\O. The molecule has 0 unspecified atom stereocenters. The smallest absolute Gasteiger partial charge is 0.190 e. The standard InChI is InChI=1S/C6H5N3O/c7-5-9-4-2-1-3-6(9)8-10/h1-4,10H/b8-6+. The maximum atomic E-state index is 8.39. The third kappa shape index (κ3) is 0.977. The van der Waals surface area contributed by atoms with Crippen LogP contribution in [0.4, 0.5) is 0 Å². The van der Waals surface area contributed by atoms with Crippen LogP contribution in [0.2, 0.25) is 0 Å². The molecule has 0 aliphatic heterocycles. The molecule has 0 bridgehead atoms. The molecule has 0 amide bonds. The summed E-state index contributed by atoms with van der Waals surface area (Å²) in [5.74, 6) is 0. The largest absolute Gasteiger partial charge is 0.409 e. The molecule has 0 saturated heterocycles. The van der Waals surface area contributed by atoms with E-state index in [1.165, 1.54) is 12.3 Å². The molecule has 4 nitrogen and oxygen atoms in total. The van der Waals surface area contributed by atoms with Crippen molar-refractivity contribution in [3.8, 4) is 6.19 Å². The predicted molar refractivity (Wildman–Crippen MR) is 32.8 cm³/mol. The van der Waals surface area contributed by atoms with E-state index in [2.05, 4.69) is 5.16 Å². The van der Waals surface area contributed by atoms with E-state index < -0.39 is 0 Å². The minimum atomic E-state index is 0.227. The molecule has 1 aromatic rings. The van der Waals surface area contributed by atoms with Crippen LogP contribution in [0.5, 0.6) is 0 Å². The van der Waals surface area contributed by atoms with Gasteiger partial charge in [0.25, 0.3) is 0 Å². The number of aromatic nitrogens is 1. The first kappa shape index (κ1) is 6.36. The van der Waals surface area contributed by atoms with Gasteiger partial charge in [-0.15, -0.1) is 0 Å². The van der Waals surface area contributed by atoms with Gasteiger partial charge in [-0.1, -0.05) is 11.2 Å². The summed E-state index contributed by atoms with van der Waals surface area (Å²) in [6, 6.07) is 4.89. The third-order valence-corrected chi connectivity index (χ3v) is 1.05. The van der Waals surface area contributed by atoms with Crippen molar-refractivity contribution in [2.45, 2.75) is 0 Å². The average molecular weight is 135 g/mol. The molecule has 0 fully saturated rings. The van der Waals surface area contributed by atoms with E-state index >= 15 is 0 Å². The fourth-order valence-corrected chi connectivity index (χ4v) is 0.600. The lowest BCUT2D eigenvalue weighted by Gasteiger charge is -1.89. The van der Waals surface area contributed by atoms with E-state index in [-0.39, 0.29) is 5.49 Å². The Morgan fingerprint density at radius 1 is 1.60 bits per heavy atom. The van der Waals surface area contributed by atoms with Crippen LogP contribution in [0.25, 0.3) is 0 Å². The van der Waals surface area contributed by atoms with Crippen molar-refractivity contribution in [1.29, 1.82) is 5.26 Å². The second-order valence-corrected chi connectivity index (χ2v) is 1.63. The summed E-state index contributed by atoms with van der Waals surface area (Å²) in [6.45, 7) is 0. The molecule has 0 aliphatic rings. The Morgan fingerprint density at radius 3 is 2.90 bits per heavy atom. The van der Waals surface area contributed by atoms with E-state index in [0.717, 1.165) is 4.57 Å². The Balaban J connectivity index is 3.41. The zero-order valence-corrected chi connectivity index (χ0v) is 5.10. The number of pyridine rings is 1. The molecule has 0 atom stereocenters. The summed E-state index contributed by atoms with van der Waals surface area (Å²) in [7, 11) is 0. The molecular formula is C6H5N3O. The van der Waals surface area contributed by atoms with Gasteiger partial charge in [0.2, 0.25) is 0 Å². The van der Waals surface area contributed by atoms with E-state index in [9.17, 15) is 0 Å². The van der Waals surface area contributed by atoms with Crippen LogP contribution in [-0.2, 0) is 0 Å². The van der Waals surface area contributed by atoms with Gasteiger partial charge in [-0.25, -0.2) is 4.57 Å². The Hall–Kier alpha value is -1.76. The summed E-state index contributed by atoms with van der Waals surface area (Å²) in [5, 5.41) is 19.6. The van der Waals surface area contributed by atoms with Gasteiger partial charge >= 0.3 is 0 Å². The molecule has 50 valence electrons. The summed E-state index contributed by atoms with van der Waals surface area (Å²) in [6.07, 6.45) is 3.32. The highest BCUT2D eigenvalue weighted by molar-refractivity contribution is 4.97. The maximum absolute atomic E-state index is 8.39. The monoisotopic (exact) mass is 135 g/mol. The van der Waals surface area contributed by atoms with Crippen molar-refractivity contribution in [3.63, 3.8) is 0 Å². The Labute approximate surface area is 57.3 Å². The first-order chi connectivity index (χ1) is 4.88. The van der Waals surface area contributed by atoms with Crippen LogP contribution in [0.15, 0.2) is 29.6 Å². The number of hydrogen-bond donors (Lipinski definition) is 1. The van der Waals surface area contributed by atoms with Crippen LogP contribution < -0.4 is 5.49 Å². The van der Waals surface area contributed by atoms with Crippen molar-refractivity contribution >= 4 is 0 Å². The number of hydrogen-bond acceptors (Lipinski definition) is 3. The van der Waals surface area contributed by atoms with Gasteiger partial charge in [0.1, 0.15) is 0 Å². The lowest BCUT2D eigenvalue weighted by atomic mass is 10.5. The zero-order valence-electron chi connectivity index (χ0n) is 5.10. The van der Waals surface area contributed by atoms with Crippen molar-refractivity contribution in [2.24, 2.45) is 5.16 Å². The molecule has 1 heterocycles. The average Bonchev–Trinajstić information content (AvgIpc) is 2.04. The number of nitriles is 1. The van der Waals surface area contributed by atoms with Gasteiger partial charge in [0.05, 0.1) is 0 Å². The predicted octanol–water partition coefficient (Wildman–Crippen LogP) is 0.107. The quantitative estimate of drug-likeness (QED) is 0.405. The van der Waals surface area contributed by atoms with Gasteiger partial charge in [0.15, 0.2) is 11.7 Å². The molecule has 4 heteroatoms. The second kappa shape index (κ2) is 2.69. The van der Waals surface area contributed by atoms with Crippen molar-refractivity contribution < 1.29 is 5.21 Å². The van der Waals surface area contributed by atoms with E-state index in [1.807, 2.05) is 6.19 Å². The van der Waals surface area contributed by atoms with Crippen molar-refractivity contribution in [1.82, 2.24) is 4.57 Å². The normalized spacial score (nSPS) is 10.9. The summed E-state index contributed by atoms with van der Waals surface area (Å²) < 4.78 is 1.15. The van der Waals surface area contributed by atoms with E-state index in [0.29, 0.717) is 0 Å². The fraction of sp³-hybridized carbons (Fsp3) is 0. The van der Waals surface area contributed by atoms with Gasteiger partial charge in [0, 0.05) is 6.20 Å². The minimum Gasteiger partial charge on any atom is -0.409 e. The van der Waals surface area contributed by atoms with Crippen LogP contribution in [0, 0.1) is 11.5 Å². The lowest BCUT2D eigenvalue weighted by molar-refractivity contribution is 0.296. The Bertz CT molecular complexity index is 320. The Morgan fingerprint density at radius 2 is 2.40 bits per heavy atom. The molecule has 10 heavy (non-hydrogen) atoms. The number of nitrogens with zero attached hydrogens (tertiary/aromatic N) is 3. The highest BCUT2D eigenvalue weighted by Crippen LogP contribution is 1.76. The Kier molecular flexibility index (Phi) is 1.71. The van der Waals surface area contributed by atoms with Crippen LogP contribution in [-0.4, -0.2) is 9.77 Å². The van der Waals surface area contributed by atoms with Gasteiger partial charge < -0.3 is 5.21 Å². The van der Waals surface area contributed by atoms with Crippen molar-refractivity contribution in [2.75, 3.05) is 0 Å². The molecule has 0 spiro atoms. The minimum absolute atomic E-state index is 0.227. The third-order valence-electron chi connectivity index (χ3n) is 1.05. The molecule has 1 rings (SSSR count). The van der Waals surface area contributed by atoms with Gasteiger partial charge in [-0.2, -0.15) is 5.26 Å². The molecule has 0 saturated carbocycles. The first-order valence-corrected chi connectivity index (χ1v) is 2.64. The summed E-state index contributed by atoms with van der Waals surface area (Å²) in [4.78, 5) is 0. The summed E-state index contributed by atoms with van der Waals surface area (Å²) in [5.41, 5.74) is 0.227. The van der Waals surface area contributed by atoms with Crippen LogP contribution in [0.3, 0.4) is 0 Å². The van der Waals surface area contributed by atoms with Crippen LogP contribution in [0.1, 0.15) is 0 Å². The highest BCUT2D eigenvalue weighted by atomic mass is 16.4. The van der Waals surface area contributed by atoms with E-state index in [4.69, 9.17) is 10.5 Å². The first-order valence-electron chi connectivity index (χ1n) is 2.64. The molecular weight excluding hydrogens is 130 g/mol. The van der Waals surface area contributed by atoms with E-state index in [1.54, 1.807) is 12.1 Å². The molecule has 0 aliphatic carbocycles. The molecule has 0 aromatic carbocycles. The van der Waals surface area contributed by atoms with Gasteiger partial charge in [-0.05, 0) is 12.1 Å². The van der Waals surface area contributed by atoms with Crippen LogP contribution >= 0.6 is 0 Å². The highest BCUT2D eigenvalue weighted by Gasteiger charge is 1.85.